The van der Waals surface area contributed by atoms with E-state index >= 15 is 0 Å². The van der Waals surface area contributed by atoms with Gasteiger partial charge in [0.1, 0.15) is 5.82 Å². The standard InChI is InChI=1S/C21H30FN3O2/c1-23-10-12-24(13-11-23)19-5-14-27-21(16-19)6-8-25(9-7-21)20(26)17-3-2-4-18(22)15-17/h2-4,15,19H,5-14,16H2,1H3. The van der Waals surface area contributed by atoms with Crippen molar-refractivity contribution in [2.45, 2.75) is 37.3 Å². The van der Waals surface area contributed by atoms with E-state index in [0.29, 0.717) is 24.7 Å². The summed E-state index contributed by atoms with van der Waals surface area (Å²) in [6.07, 6.45) is 3.92. The van der Waals surface area contributed by atoms with Gasteiger partial charge >= 0.3 is 0 Å². The number of carbonyl (C=O) groups is 1. The Balaban J connectivity index is 1.35. The summed E-state index contributed by atoms with van der Waals surface area (Å²) in [5, 5.41) is 0. The van der Waals surface area contributed by atoms with E-state index in [1.165, 1.54) is 12.1 Å². The molecule has 1 unspecified atom stereocenters. The summed E-state index contributed by atoms with van der Waals surface area (Å²) in [4.78, 5) is 19.5. The molecule has 0 saturated carbocycles. The van der Waals surface area contributed by atoms with Crippen molar-refractivity contribution in [3.8, 4) is 0 Å². The lowest BCUT2D eigenvalue weighted by Gasteiger charge is -2.49. The van der Waals surface area contributed by atoms with Crippen molar-refractivity contribution in [2.24, 2.45) is 0 Å². The molecule has 1 atom stereocenters. The molecule has 0 aromatic heterocycles. The Bertz CT molecular complexity index is 667. The van der Waals surface area contributed by atoms with Crippen LogP contribution in [0.3, 0.4) is 0 Å². The van der Waals surface area contributed by atoms with Crippen molar-refractivity contribution in [1.29, 1.82) is 0 Å². The summed E-state index contributed by atoms with van der Waals surface area (Å²) in [5.74, 6) is -0.435. The van der Waals surface area contributed by atoms with Gasteiger partial charge in [-0.25, -0.2) is 4.39 Å². The molecule has 148 valence electrons. The zero-order valence-corrected chi connectivity index (χ0v) is 16.2. The maximum Gasteiger partial charge on any atom is 0.253 e. The molecule has 0 N–H and O–H groups in total. The highest BCUT2D eigenvalue weighted by Gasteiger charge is 2.42. The van der Waals surface area contributed by atoms with Crippen LogP contribution in [0.5, 0.6) is 0 Å². The molecule has 3 aliphatic rings. The van der Waals surface area contributed by atoms with Gasteiger partial charge in [-0.2, -0.15) is 0 Å². The average Bonchev–Trinajstić information content (AvgIpc) is 2.69. The predicted octanol–water partition coefficient (Wildman–Crippen LogP) is 2.23. The SMILES string of the molecule is CN1CCN(C2CCOC3(CCN(C(=O)c4cccc(F)c4)CC3)C2)CC1. The van der Waals surface area contributed by atoms with Crippen molar-refractivity contribution >= 4 is 5.91 Å². The number of amides is 1. The van der Waals surface area contributed by atoms with Crippen molar-refractivity contribution < 1.29 is 13.9 Å². The quantitative estimate of drug-likeness (QED) is 0.794. The molecule has 0 radical (unpaired) electrons. The number of rotatable bonds is 2. The fraction of sp³-hybridized carbons (Fsp3) is 0.667. The molecular formula is C21H30FN3O2. The van der Waals surface area contributed by atoms with Gasteiger partial charge in [0.05, 0.1) is 5.60 Å². The van der Waals surface area contributed by atoms with Crippen LogP contribution in [-0.2, 0) is 4.74 Å². The Kier molecular flexibility index (Phi) is 5.48. The number of hydrogen-bond donors (Lipinski definition) is 0. The highest BCUT2D eigenvalue weighted by molar-refractivity contribution is 5.94. The number of hydrogen-bond acceptors (Lipinski definition) is 4. The smallest absolute Gasteiger partial charge is 0.253 e. The Hall–Kier alpha value is -1.50. The molecule has 1 aromatic carbocycles. The molecule has 3 heterocycles. The van der Waals surface area contributed by atoms with Gasteiger partial charge in [-0.05, 0) is 50.9 Å². The molecule has 6 heteroatoms. The van der Waals surface area contributed by atoms with Crippen molar-refractivity contribution in [1.82, 2.24) is 14.7 Å². The van der Waals surface area contributed by atoms with Gasteiger partial charge in [-0.1, -0.05) is 6.07 Å². The lowest BCUT2D eigenvalue weighted by atomic mass is 9.81. The Morgan fingerprint density at radius 1 is 1.15 bits per heavy atom. The largest absolute Gasteiger partial charge is 0.375 e. The number of carbonyl (C=O) groups excluding carboxylic acids is 1. The first-order chi connectivity index (χ1) is 13.0. The molecule has 3 saturated heterocycles. The number of likely N-dealkylation sites (N-methyl/N-ethyl adjacent to an activating group) is 1. The minimum Gasteiger partial charge on any atom is -0.375 e. The predicted molar refractivity (Wildman–Crippen MR) is 102 cm³/mol. The number of piperazine rings is 1. The third-order valence-electron chi connectivity index (χ3n) is 6.55. The highest BCUT2D eigenvalue weighted by atomic mass is 19.1. The second kappa shape index (κ2) is 7.86. The first-order valence-corrected chi connectivity index (χ1v) is 10.2. The monoisotopic (exact) mass is 375 g/mol. The second-order valence-corrected chi connectivity index (χ2v) is 8.32. The molecule has 4 rings (SSSR count). The van der Waals surface area contributed by atoms with Gasteiger partial charge in [-0.3, -0.25) is 9.69 Å². The summed E-state index contributed by atoms with van der Waals surface area (Å²) in [7, 11) is 2.19. The van der Waals surface area contributed by atoms with E-state index in [9.17, 15) is 9.18 Å². The van der Waals surface area contributed by atoms with E-state index in [1.54, 1.807) is 12.1 Å². The minimum atomic E-state index is -0.361. The number of likely N-dealkylation sites (tertiary alicyclic amines) is 1. The third kappa shape index (κ3) is 4.18. The Morgan fingerprint density at radius 3 is 2.59 bits per heavy atom. The number of nitrogens with zero attached hydrogens (tertiary/aromatic N) is 3. The topological polar surface area (TPSA) is 36.0 Å². The van der Waals surface area contributed by atoms with Gasteiger partial charge in [0.25, 0.3) is 5.91 Å². The third-order valence-corrected chi connectivity index (χ3v) is 6.55. The first-order valence-electron chi connectivity index (χ1n) is 10.2. The van der Waals surface area contributed by atoms with Gasteiger partial charge < -0.3 is 14.5 Å². The molecule has 1 spiro atoms. The van der Waals surface area contributed by atoms with Crippen molar-refractivity contribution in [2.75, 3.05) is 52.9 Å². The van der Waals surface area contributed by atoms with Gasteiger partial charge in [-0.15, -0.1) is 0 Å². The fourth-order valence-corrected chi connectivity index (χ4v) is 4.77. The summed E-state index contributed by atoms with van der Waals surface area (Å²) >= 11 is 0. The van der Waals surface area contributed by atoms with Crippen molar-refractivity contribution in [3.63, 3.8) is 0 Å². The van der Waals surface area contributed by atoms with E-state index in [-0.39, 0.29) is 17.3 Å². The molecule has 3 fully saturated rings. The van der Waals surface area contributed by atoms with Crippen LogP contribution in [0.15, 0.2) is 24.3 Å². The van der Waals surface area contributed by atoms with E-state index in [2.05, 4.69) is 16.8 Å². The normalized spacial score (nSPS) is 27.0. The molecule has 27 heavy (non-hydrogen) atoms. The van der Waals surface area contributed by atoms with Gasteiger partial charge in [0.2, 0.25) is 0 Å². The van der Waals surface area contributed by atoms with Crippen LogP contribution in [-0.4, -0.2) is 85.2 Å². The van der Waals surface area contributed by atoms with Gasteiger partial charge in [0, 0.05) is 57.5 Å². The van der Waals surface area contributed by atoms with Crippen LogP contribution in [0.2, 0.25) is 0 Å². The van der Waals surface area contributed by atoms with Crippen LogP contribution < -0.4 is 0 Å². The van der Waals surface area contributed by atoms with Crippen molar-refractivity contribution in [3.05, 3.63) is 35.6 Å². The fourth-order valence-electron chi connectivity index (χ4n) is 4.77. The maximum absolute atomic E-state index is 13.4. The van der Waals surface area contributed by atoms with Crippen LogP contribution in [0.4, 0.5) is 4.39 Å². The maximum atomic E-state index is 13.4. The average molecular weight is 375 g/mol. The Labute approximate surface area is 161 Å². The van der Waals surface area contributed by atoms with E-state index < -0.39 is 0 Å². The van der Waals surface area contributed by atoms with Crippen LogP contribution in [0, 0.1) is 5.82 Å². The molecule has 3 aliphatic heterocycles. The zero-order chi connectivity index (χ0) is 18.9. The molecule has 1 aromatic rings. The van der Waals surface area contributed by atoms with E-state index in [1.807, 2.05) is 4.90 Å². The van der Waals surface area contributed by atoms with E-state index in [0.717, 1.165) is 58.5 Å². The second-order valence-electron chi connectivity index (χ2n) is 8.32. The lowest BCUT2D eigenvalue weighted by molar-refractivity contribution is -0.132. The number of ether oxygens (including phenoxy) is 1. The summed E-state index contributed by atoms with van der Waals surface area (Å²) in [6.45, 7) is 6.74. The molecular weight excluding hydrogens is 345 g/mol. The molecule has 5 nitrogen and oxygen atoms in total. The lowest BCUT2D eigenvalue weighted by Crippen LogP contribution is -2.57. The van der Waals surface area contributed by atoms with Crippen LogP contribution >= 0.6 is 0 Å². The Morgan fingerprint density at radius 2 is 1.89 bits per heavy atom. The number of benzene rings is 1. The zero-order valence-electron chi connectivity index (χ0n) is 16.2. The molecule has 0 bridgehead atoms. The van der Waals surface area contributed by atoms with Gasteiger partial charge in [0.15, 0.2) is 0 Å². The van der Waals surface area contributed by atoms with Crippen LogP contribution in [0.1, 0.15) is 36.0 Å². The number of piperidine rings is 1. The molecule has 0 aliphatic carbocycles. The number of halogens is 1. The minimum absolute atomic E-state index is 0.0734. The first kappa shape index (κ1) is 18.8. The highest BCUT2D eigenvalue weighted by Crippen LogP contribution is 2.37. The van der Waals surface area contributed by atoms with E-state index in [4.69, 9.17) is 4.74 Å². The summed E-state index contributed by atoms with van der Waals surface area (Å²) in [6, 6.07) is 6.58. The molecule has 1 amide bonds. The summed E-state index contributed by atoms with van der Waals surface area (Å²) < 4.78 is 19.7. The van der Waals surface area contributed by atoms with Crippen LogP contribution in [0.25, 0.3) is 0 Å². The summed E-state index contributed by atoms with van der Waals surface area (Å²) in [5.41, 5.74) is 0.344.